The van der Waals surface area contributed by atoms with Gasteiger partial charge in [0, 0.05) is 13.0 Å². The van der Waals surface area contributed by atoms with Crippen LogP contribution in [-0.2, 0) is 24.1 Å². The Morgan fingerprint density at radius 3 is 2.07 bits per heavy atom. The molecule has 1 atom stereocenters. The van der Waals surface area contributed by atoms with Gasteiger partial charge in [0.2, 0.25) is 14.8 Å². The number of carbonyl (C=O) groups excluding carboxylic acids is 3. The first kappa shape index (κ1) is 31.2. The Labute approximate surface area is 237 Å². The number of nitrogens with one attached hydrogen (secondary N) is 2. The second-order valence-electron chi connectivity index (χ2n) is 10.8. The highest BCUT2D eigenvalue weighted by Crippen LogP contribution is 2.35. The fourth-order valence-corrected chi connectivity index (χ4v) is 5.72. The summed E-state index contributed by atoms with van der Waals surface area (Å²) in [6.45, 7) is 5.99. The number of hydrogen-bond donors (Lipinski definition) is 3. The average Bonchev–Trinajstić information content (AvgIpc) is 3.04. The lowest BCUT2D eigenvalue weighted by Gasteiger charge is -2.35. The number of nitrogens with zero attached hydrogens (tertiary/aromatic N) is 1. The maximum absolute atomic E-state index is 14.2. The highest BCUT2D eigenvalue weighted by Gasteiger charge is 2.55. The van der Waals surface area contributed by atoms with Crippen molar-refractivity contribution in [1.82, 2.24) is 15.5 Å². The number of amides is 4. The molecule has 222 valence electrons. The summed E-state index contributed by atoms with van der Waals surface area (Å²) in [5, 5.41) is 13.6. The third-order valence-corrected chi connectivity index (χ3v) is 8.18. The topological polar surface area (TPSA) is 178 Å². The molecule has 0 aliphatic carbocycles. The van der Waals surface area contributed by atoms with Crippen molar-refractivity contribution in [2.75, 3.05) is 13.1 Å². The molecule has 41 heavy (non-hydrogen) atoms. The molecule has 14 heteroatoms. The summed E-state index contributed by atoms with van der Waals surface area (Å²) in [5.41, 5.74) is -2.46. The number of hydrogen-bond acceptors (Lipinski definition) is 9. The van der Waals surface area contributed by atoms with Crippen LogP contribution < -0.4 is 15.4 Å². The van der Waals surface area contributed by atoms with Crippen LogP contribution in [0.15, 0.2) is 59.5 Å². The van der Waals surface area contributed by atoms with Crippen LogP contribution in [0, 0.1) is 0 Å². The van der Waals surface area contributed by atoms with Gasteiger partial charge in [-0.1, -0.05) is 18.2 Å². The molecule has 13 nitrogen and oxygen atoms in total. The zero-order chi connectivity index (χ0) is 30.6. The molecule has 0 saturated carbocycles. The van der Waals surface area contributed by atoms with Gasteiger partial charge in [0.05, 0.1) is 11.4 Å². The van der Waals surface area contributed by atoms with E-state index < -0.39 is 69.6 Å². The van der Waals surface area contributed by atoms with E-state index in [1.807, 2.05) is 5.32 Å². The standard InChI is InChI=1S/C27H33N3O10S/c1-25(2,3)39-24(35)40-27(15-16-28-23(33)34,17-30-21(31)26(4,5)29-22(30)32)41(36,37)20-13-11-19(12-14-20)38-18-9-7-6-8-10-18/h6-14,28H,15-17H2,1-5H3,(H,29,32)(H,33,34). The average molecular weight is 592 g/mol. The van der Waals surface area contributed by atoms with Crippen LogP contribution in [0.3, 0.4) is 0 Å². The summed E-state index contributed by atoms with van der Waals surface area (Å²) in [6.07, 6.45) is -3.53. The first-order chi connectivity index (χ1) is 19.0. The zero-order valence-electron chi connectivity index (χ0n) is 23.3. The van der Waals surface area contributed by atoms with Gasteiger partial charge in [-0.2, -0.15) is 0 Å². The molecule has 3 N–H and O–H groups in total. The lowest BCUT2D eigenvalue weighted by atomic mass is 10.1. The fraction of sp³-hybridized carbons (Fsp3) is 0.407. The number of ether oxygens (including phenoxy) is 3. The monoisotopic (exact) mass is 591 g/mol. The van der Waals surface area contributed by atoms with E-state index in [1.54, 1.807) is 30.3 Å². The number of carboxylic acid groups (broad SMARTS) is 1. The van der Waals surface area contributed by atoms with Crippen LogP contribution in [0.2, 0.25) is 0 Å². The molecule has 1 saturated heterocycles. The Balaban J connectivity index is 2.09. The van der Waals surface area contributed by atoms with Crippen molar-refractivity contribution in [3.05, 3.63) is 54.6 Å². The zero-order valence-corrected chi connectivity index (χ0v) is 24.1. The van der Waals surface area contributed by atoms with Gasteiger partial charge in [-0.25, -0.2) is 22.8 Å². The van der Waals surface area contributed by atoms with E-state index in [-0.39, 0.29) is 4.90 Å². The quantitative estimate of drug-likeness (QED) is 0.271. The normalized spacial score (nSPS) is 16.4. The summed E-state index contributed by atoms with van der Waals surface area (Å²) in [4.78, 5) is 47.5. The first-order valence-corrected chi connectivity index (χ1v) is 14.0. The van der Waals surface area contributed by atoms with Crippen LogP contribution in [0.4, 0.5) is 14.4 Å². The maximum atomic E-state index is 14.2. The second kappa shape index (κ2) is 11.6. The van der Waals surface area contributed by atoms with Gasteiger partial charge < -0.3 is 30.0 Å². The Morgan fingerprint density at radius 1 is 0.976 bits per heavy atom. The molecule has 1 aliphatic heterocycles. The summed E-state index contributed by atoms with van der Waals surface area (Å²) in [5.74, 6) is 0.0384. The number of carbonyl (C=O) groups is 4. The van der Waals surface area contributed by atoms with Gasteiger partial charge >= 0.3 is 18.3 Å². The molecule has 4 amide bonds. The first-order valence-electron chi connectivity index (χ1n) is 12.6. The number of urea groups is 1. The molecule has 1 fully saturated rings. The van der Waals surface area contributed by atoms with Gasteiger partial charge in [0.1, 0.15) is 22.6 Å². The molecule has 2 aromatic rings. The third kappa shape index (κ3) is 7.45. The van der Waals surface area contributed by atoms with Crippen LogP contribution >= 0.6 is 0 Å². The predicted octanol–water partition coefficient (Wildman–Crippen LogP) is 3.89. The number of benzene rings is 2. The fourth-order valence-electron chi connectivity index (χ4n) is 3.95. The van der Waals surface area contributed by atoms with Crippen LogP contribution in [0.25, 0.3) is 0 Å². The summed E-state index contributed by atoms with van der Waals surface area (Å²) < 4.78 is 44.9. The Morgan fingerprint density at radius 2 is 1.56 bits per heavy atom. The number of para-hydroxylation sites is 1. The minimum absolute atomic E-state index is 0.303. The SMILES string of the molecule is CC(C)(C)OC(=O)OC(CCNC(=O)O)(CN1C(=O)NC(C)(C)C1=O)S(=O)(=O)c1ccc(Oc2ccccc2)cc1. The van der Waals surface area contributed by atoms with Gasteiger partial charge in [0.15, 0.2) is 0 Å². The molecule has 1 aliphatic rings. The maximum Gasteiger partial charge on any atom is 0.510 e. The number of imide groups is 1. The minimum atomic E-state index is -4.76. The van der Waals surface area contributed by atoms with Crippen molar-refractivity contribution < 1.29 is 46.9 Å². The molecule has 0 spiro atoms. The summed E-state index contributed by atoms with van der Waals surface area (Å²) >= 11 is 0. The molecule has 0 bridgehead atoms. The van der Waals surface area contributed by atoms with Crippen molar-refractivity contribution >= 4 is 34.0 Å². The van der Waals surface area contributed by atoms with Crippen molar-refractivity contribution in [2.45, 2.75) is 62.0 Å². The lowest BCUT2D eigenvalue weighted by Crippen LogP contribution is -2.55. The lowest BCUT2D eigenvalue weighted by molar-refractivity contribution is -0.132. The Bertz CT molecular complexity index is 1400. The summed E-state index contributed by atoms with van der Waals surface area (Å²) in [7, 11) is -4.76. The van der Waals surface area contributed by atoms with Gasteiger partial charge in [-0.05, 0) is 71.0 Å². The van der Waals surface area contributed by atoms with Gasteiger partial charge in [0.25, 0.3) is 5.91 Å². The Hall–Kier alpha value is -4.33. The van der Waals surface area contributed by atoms with Crippen molar-refractivity contribution in [3.8, 4) is 11.5 Å². The predicted molar refractivity (Wildman–Crippen MR) is 145 cm³/mol. The molecule has 0 radical (unpaired) electrons. The van der Waals surface area contributed by atoms with E-state index in [0.29, 0.717) is 16.4 Å². The van der Waals surface area contributed by atoms with E-state index >= 15 is 0 Å². The molecular formula is C27H33N3O10S. The van der Waals surface area contributed by atoms with Gasteiger partial charge in [-0.3, -0.25) is 9.69 Å². The number of sulfone groups is 1. The highest BCUT2D eigenvalue weighted by atomic mass is 32.2. The molecule has 1 heterocycles. The van der Waals surface area contributed by atoms with Crippen LogP contribution in [-0.4, -0.2) is 71.8 Å². The Kier molecular flexibility index (Phi) is 8.86. The molecule has 2 aromatic carbocycles. The second-order valence-corrected chi connectivity index (χ2v) is 13.0. The van der Waals surface area contributed by atoms with E-state index in [2.05, 4.69) is 5.32 Å². The summed E-state index contributed by atoms with van der Waals surface area (Å²) in [6, 6.07) is 13.0. The smallest absolute Gasteiger partial charge is 0.465 e. The molecule has 1 unspecified atom stereocenters. The molecular weight excluding hydrogens is 558 g/mol. The third-order valence-electron chi connectivity index (χ3n) is 5.89. The highest BCUT2D eigenvalue weighted by molar-refractivity contribution is 7.92. The largest absolute Gasteiger partial charge is 0.510 e. The van der Waals surface area contributed by atoms with Crippen molar-refractivity contribution in [2.24, 2.45) is 0 Å². The van der Waals surface area contributed by atoms with Crippen molar-refractivity contribution in [3.63, 3.8) is 0 Å². The van der Waals surface area contributed by atoms with Crippen molar-refractivity contribution in [1.29, 1.82) is 0 Å². The van der Waals surface area contributed by atoms with E-state index in [9.17, 15) is 27.6 Å². The van der Waals surface area contributed by atoms with E-state index in [0.717, 1.165) is 0 Å². The van der Waals surface area contributed by atoms with Crippen LogP contribution in [0.1, 0.15) is 41.0 Å². The van der Waals surface area contributed by atoms with E-state index in [1.165, 1.54) is 58.9 Å². The number of rotatable bonds is 10. The van der Waals surface area contributed by atoms with Crippen LogP contribution in [0.5, 0.6) is 11.5 Å². The van der Waals surface area contributed by atoms with E-state index in [4.69, 9.17) is 19.3 Å². The molecule has 3 rings (SSSR count). The minimum Gasteiger partial charge on any atom is -0.465 e. The van der Waals surface area contributed by atoms with Gasteiger partial charge in [-0.15, -0.1) is 0 Å². The molecule has 0 aromatic heterocycles.